The summed E-state index contributed by atoms with van der Waals surface area (Å²) in [5.41, 5.74) is 1.84. The van der Waals surface area contributed by atoms with E-state index in [-0.39, 0.29) is 22.9 Å². The lowest BCUT2D eigenvalue weighted by Gasteiger charge is -2.26. The van der Waals surface area contributed by atoms with Crippen molar-refractivity contribution in [3.63, 3.8) is 0 Å². The van der Waals surface area contributed by atoms with Crippen LogP contribution in [0.5, 0.6) is 5.75 Å². The third-order valence-electron chi connectivity index (χ3n) is 5.70. The number of hydrogen-bond donors (Lipinski definition) is 1. The predicted octanol–water partition coefficient (Wildman–Crippen LogP) is 3.65. The van der Waals surface area contributed by atoms with Gasteiger partial charge in [-0.2, -0.15) is 0 Å². The molecule has 2 aliphatic heterocycles. The van der Waals surface area contributed by atoms with Gasteiger partial charge in [-0.1, -0.05) is 17.7 Å². The van der Waals surface area contributed by atoms with Crippen LogP contribution in [0.3, 0.4) is 0 Å². The number of halogens is 2. The number of likely N-dealkylation sites (N-methyl/N-ethyl adjacent to an activating group) is 1. The van der Waals surface area contributed by atoms with Crippen molar-refractivity contribution < 1.29 is 13.9 Å². The molecular weight excluding hydrogens is 409 g/mol. The van der Waals surface area contributed by atoms with Gasteiger partial charge in [-0.3, -0.25) is 0 Å². The summed E-state index contributed by atoms with van der Waals surface area (Å²) in [7, 11) is 3.73. The lowest BCUT2D eigenvalue weighted by molar-refractivity contribution is 0.108. The number of likely N-dealkylation sites (tertiary alicyclic amines) is 1. The van der Waals surface area contributed by atoms with E-state index in [0.717, 1.165) is 24.2 Å². The molecule has 0 radical (unpaired) electrons. The Morgan fingerprint density at radius 1 is 1.27 bits per heavy atom. The molecular formula is C21H21ClFN5O2. The number of anilines is 3. The second-order valence-electron chi connectivity index (χ2n) is 7.58. The van der Waals surface area contributed by atoms with Crippen molar-refractivity contribution >= 4 is 39.7 Å². The minimum absolute atomic E-state index is 0.0475. The number of rotatable bonds is 4. The molecule has 7 nitrogen and oxygen atoms in total. The van der Waals surface area contributed by atoms with E-state index in [4.69, 9.17) is 21.1 Å². The number of aromatic nitrogens is 2. The molecule has 0 bridgehead atoms. The Kier molecular flexibility index (Phi) is 4.85. The molecule has 1 N–H and O–H groups in total. The monoisotopic (exact) mass is 429 g/mol. The molecule has 2 aliphatic rings. The third-order valence-corrected chi connectivity index (χ3v) is 5.99. The van der Waals surface area contributed by atoms with Gasteiger partial charge in [0.05, 0.1) is 41.2 Å². The van der Waals surface area contributed by atoms with Crippen LogP contribution in [0.15, 0.2) is 36.7 Å². The number of benzene rings is 2. The number of hydrogen-bond acceptors (Lipinski definition) is 7. The Balaban J connectivity index is 1.59. The van der Waals surface area contributed by atoms with E-state index in [1.165, 1.54) is 12.4 Å². The summed E-state index contributed by atoms with van der Waals surface area (Å²) in [4.78, 5) is 13.2. The van der Waals surface area contributed by atoms with Gasteiger partial charge < -0.3 is 24.6 Å². The average Bonchev–Trinajstić information content (AvgIpc) is 3.29. The standard InChI is InChI=1S/C21H21ClFN5O2/c1-27-8-17-19(9-27)30-11-28(17)16-6-12-15(7-18(16)29-2)24-10-25-21(12)26-14-5-3-4-13(22)20(14)23/h3-7,10,17,19H,8-9,11H2,1-2H3,(H,24,25,26). The van der Waals surface area contributed by atoms with Gasteiger partial charge in [-0.25, -0.2) is 14.4 Å². The lowest BCUT2D eigenvalue weighted by atomic mass is 10.1. The van der Waals surface area contributed by atoms with Crippen molar-refractivity contribution in [2.75, 3.05) is 44.2 Å². The van der Waals surface area contributed by atoms with Crippen molar-refractivity contribution in [2.45, 2.75) is 12.1 Å². The van der Waals surface area contributed by atoms with Gasteiger partial charge in [-0.15, -0.1) is 0 Å². The minimum atomic E-state index is -0.524. The Labute approximate surface area is 178 Å². The van der Waals surface area contributed by atoms with Crippen molar-refractivity contribution in [2.24, 2.45) is 0 Å². The largest absolute Gasteiger partial charge is 0.495 e. The molecule has 0 amide bonds. The molecule has 156 valence electrons. The summed E-state index contributed by atoms with van der Waals surface area (Å²) in [6.07, 6.45) is 1.60. The first-order valence-electron chi connectivity index (χ1n) is 9.65. The van der Waals surface area contributed by atoms with Crippen LogP contribution in [-0.4, -0.2) is 61.0 Å². The molecule has 9 heteroatoms. The van der Waals surface area contributed by atoms with Crippen LogP contribution in [0, 0.1) is 5.82 Å². The van der Waals surface area contributed by atoms with Crippen LogP contribution in [-0.2, 0) is 4.74 Å². The highest BCUT2D eigenvalue weighted by Crippen LogP contribution is 2.40. The molecule has 2 unspecified atom stereocenters. The molecule has 30 heavy (non-hydrogen) atoms. The van der Waals surface area contributed by atoms with Crippen molar-refractivity contribution in [1.82, 2.24) is 14.9 Å². The molecule has 2 saturated heterocycles. The van der Waals surface area contributed by atoms with Gasteiger partial charge in [0.25, 0.3) is 0 Å². The van der Waals surface area contributed by atoms with Gasteiger partial charge in [-0.05, 0) is 25.2 Å². The lowest BCUT2D eigenvalue weighted by Crippen LogP contribution is -2.35. The van der Waals surface area contributed by atoms with E-state index in [0.29, 0.717) is 23.8 Å². The van der Waals surface area contributed by atoms with Crippen LogP contribution in [0.2, 0.25) is 5.02 Å². The highest BCUT2D eigenvalue weighted by atomic mass is 35.5. The topological polar surface area (TPSA) is 62.8 Å². The van der Waals surface area contributed by atoms with E-state index in [1.807, 2.05) is 12.1 Å². The zero-order valence-electron chi connectivity index (χ0n) is 16.6. The Hall–Kier alpha value is -2.68. The SMILES string of the molecule is COc1cc2ncnc(Nc3cccc(Cl)c3F)c2cc1N1COC2CN(C)CC21. The highest BCUT2D eigenvalue weighted by Gasteiger charge is 2.42. The maximum absolute atomic E-state index is 14.4. The maximum Gasteiger partial charge on any atom is 0.165 e. The smallest absolute Gasteiger partial charge is 0.165 e. The number of nitrogens with zero attached hydrogens (tertiary/aromatic N) is 4. The molecule has 2 atom stereocenters. The van der Waals surface area contributed by atoms with Crippen LogP contribution in [0.4, 0.5) is 21.6 Å². The Bertz CT molecular complexity index is 1110. The van der Waals surface area contributed by atoms with Crippen LogP contribution in [0.25, 0.3) is 10.9 Å². The first kappa shape index (κ1) is 19.3. The maximum atomic E-state index is 14.4. The first-order valence-corrected chi connectivity index (χ1v) is 10.0. The van der Waals surface area contributed by atoms with Crippen molar-refractivity contribution in [3.8, 4) is 5.75 Å². The fourth-order valence-corrected chi connectivity index (χ4v) is 4.39. The summed E-state index contributed by atoms with van der Waals surface area (Å²) in [6.45, 7) is 2.31. The zero-order chi connectivity index (χ0) is 20.8. The summed E-state index contributed by atoms with van der Waals surface area (Å²) in [5.74, 6) is 0.676. The van der Waals surface area contributed by atoms with Crippen molar-refractivity contribution in [3.05, 3.63) is 47.5 Å². The summed E-state index contributed by atoms with van der Waals surface area (Å²) in [6, 6.07) is 8.90. The Morgan fingerprint density at radius 3 is 2.97 bits per heavy atom. The van der Waals surface area contributed by atoms with Gasteiger partial charge >= 0.3 is 0 Å². The summed E-state index contributed by atoms with van der Waals surface area (Å²) < 4.78 is 26.1. The highest BCUT2D eigenvalue weighted by molar-refractivity contribution is 6.31. The molecule has 2 fully saturated rings. The van der Waals surface area contributed by atoms with Crippen LogP contribution >= 0.6 is 11.6 Å². The Morgan fingerprint density at radius 2 is 2.13 bits per heavy atom. The molecule has 5 rings (SSSR count). The first-order chi connectivity index (χ1) is 14.5. The molecule has 1 aromatic heterocycles. The molecule has 0 spiro atoms. The molecule has 3 aromatic rings. The number of ether oxygens (including phenoxy) is 2. The van der Waals surface area contributed by atoms with Crippen LogP contribution < -0.4 is 15.0 Å². The minimum Gasteiger partial charge on any atom is -0.495 e. The van der Waals surface area contributed by atoms with E-state index in [9.17, 15) is 4.39 Å². The number of nitrogens with one attached hydrogen (secondary N) is 1. The van der Waals surface area contributed by atoms with Crippen LogP contribution in [0.1, 0.15) is 0 Å². The van der Waals surface area contributed by atoms with E-state index in [2.05, 4.69) is 32.1 Å². The average molecular weight is 430 g/mol. The molecule has 2 aromatic carbocycles. The van der Waals surface area contributed by atoms with Gasteiger partial charge in [0.1, 0.15) is 24.6 Å². The molecule has 0 aliphatic carbocycles. The quantitative estimate of drug-likeness (QED) is 0.679. The zero-order valence-corrected chi connectivity index (χ0v) is 17.4. The van der Waals surface area contributed by atoms with E-state index in [1.54, 1.807) is 19.2 Å². The fraction of sp³-hybridized carbons (Fsp3) is 0.333. The van der Waals surface area contributed by atoms with Gasteiger partial charge in [0, 0.05) is 24.5 Å². The number of fused-ring (bicyclic) bond motifs is 2. The second-order valence-corrected chi connectivity index (χ2v) is 7.99. The third kappa shape index (κ3) is 3.21. The second kappa shape index (κ2) is 7.54. The predicted molar refractivity (Wildman–Crippen MR) is 114 cm³/mol. The van der Waals surface area contributed by atoms with Gasteiger partial charge in [0.2, 0.25) is 0 Å². The fourth-order valence-electron chi connectivity index (χ4n) is 4.21. The normalized spacial score (nSPS) is 21.3. The van der Waals surface area contributed by atoms with E-state index < -0.39 is 5.82 Å². The molecule has 3 heterocycles. The van der Waals surface area contributed by atoms with Gasteiger partial charge in [0.15, 0.2) is 5.82 Å². The van der Waals surface area contributed by atoms with Crippen molar-refractivity contribution in [1.29, 1.82) is 0 Å². The molecule has 0 saturated carbocycles. The van der Waals surface area contributed by atoms with E-state index >= 15 is 0 Å². The summed E-state index contributed by atoms with van der Waals surface area (Å²) >= 11 is 5.92. The summed E-state index contributed by atoms with van der Waals surface area (Å²) in [5, 5.41) is 3.86. The number of methoxy groups -OCH3 is 1.